The third-order valence-electron chi connectivity index (χ3n) is 3.87. The number of nitrogens with zero attached hydrogens (tertiary/aromatic N) is 2. The summed E-state index contributed by atoms with van der Waals surface area (Å²) in [6, 6.07) is 4.59. The lowest BCUT2D eigenvalue weighted by atomic mass is 9.95. The number of aryl methyl sites for hydroxylation is 1. The van der Waals surface area contributed by atoms with Gasteiger partial charge in [0.1, 0.15) is 5.56 Å². The van der Waals surface area contributed by atoms with Gasteiger partial charge in [0.25, 0.3) is 11.6 Å². The van der Waals surface area contributed by atoms with Crippen LogP contribution in [-0.2, 0) is 0 Å². The number of aliphatic hydroxyl groups is 1. The molecule has 1 N–H and O–H groups in total. The Balaban J connectivity index is 2.32. The molecule has 0 radical (unpaired) electrons. The fraction of sp³-hybridized carbons (Fsp3) is 0.500. The number of amides is 1. The van der Waals surface area contributed by atoms with Crippen LogP contribution in [0.2, 0.25) is 0 Å². The minimum absolute atomic E-state index is 0.124. The van der Waals surface area contributed by atoms with Gasteiger partial charge in [0.05, 0.1) is 11.0 Å². The predicted molar refractivity (Wildman–Crippen MR) is 73.5 cm³/mol. The van der Waals surface area contributed by atoms with E-state index in [-0.39, 0.29) is 29.6 Å². The summed E-state index contributed by atoms with van der Waals surface area (Å²) in [5, 5.41) is 20.9. The summed E-state index contributed by atoms with van der Waals surface area (Å²) in [4.78, 5) is 24.5. The highest BCUT2D eigenvalue weighted by Gasteiger charge is 2.31. The van der Waals surface area contributed by atoms with Crippen LogP contribution in [0.3, 0.4) is 0 Å². The van der Waals surface area contributed by atoms with Crippen LogP contribution in [0.15, 0.2) is 18.2 Å². The molecule has 1 amide bonds. The molecule has 2 rings (SSSR count). The molecular weight excluding hydrogens is 260 g/mol. The highest BCUT2D eigenvalue weighted by atomic mass is 16.6. The van der Waals surface area contributed by atoms with Crippen LogP contribution in [0.25, 0.3) is 0 Å². The van der Waals surface area contributed by atoms with E-state index in [0.717, 1.165) is 0 Å². The lowest BCUT2D eigenvalue weighted by Crippen LogP contribution is -2.46. The van der Waals surface area contributed by atoms with Gasteiger partial charge in [-0.2, -0.15) is 0 Å². The molecule has 1 aromatic carbocycles. The number of aliphatic hydroxyl groups excluding tert-OH is 1. The van der Waals surface area contributed by atoms with E-state index < -0.39 is 11.0 Å². The number of likely N-dealkylation sites (tertiary alicyclic amines) is 1. The van der Waals surface area contributed by atoms with Crippen molar-refractivity contribution in [2.24, 2.45) is 5.92 Å². The first-order chi connectivity index (χ1) is 9.41. The van der Waals surface area contributed by atoms with E-state index in [2.05, 4.69) is 0 Å². The maximum atomic E-state index is 12.5. The minimum atomic E-state index is -0.573. The first-order valence-electron chi connectivity index (χ1n) is 6.63. The number of rotatable bonds is 2. The Hall–Kier alpha value is -1.95. The van der Waals surface area contributed by atoms with Gasteiger partial charge < -0.3 is 10.0 Å². The lowest BCUT2D eigenvalue weighted by Gasteiger charge is -2.34. The van der Waals surface area contributed by atoms with Crippen molar-refractivity contribution in [3.05, 3.63) is 39.4 Å². The first-order valence-corrected chi connectivity index (χ1v) is 6.63. The number of nitro groups is 1. The van der Waals surface area contributed by atoms with Gasteiger partial charge in [-0.1, -0.05) is 19.1 Å². The SMILES string of the molecule is Cc1cccc([N+](=O)[O-])c1C(=O)N1CCC(C)C(O)C1. The van der Waals surface area contributed by atoms with Crippen molar-refractivity contribution in [2.75, 3.05) is 13.1 Å². The molecule has 0 bridgehead atoms. The number of β-amino-alcohol motifs (C(OH)–C–C–N with tert-alkyl or cyclic N) is 1. The number of carbonyl (C=O) groups is 1. The molecule has 1 aromatic rings. The number of hydrogen-bond acceptors (Lipinski definition) is 4. The van der Waals surface area contributed by atoms with Crippen LogP contribution >= 0.6 is 0 Å². The van der Waals surface area contributed by atoms with Crippen LogP contribution in [0, 0.1) is 23.0 Å². The van der Waals surface area contributed by atoms with Crippen LogP contribution in [0.4, 0.5) is 5.69 Å². The third-order valence-corrected chi connectivity index (χ3v) is 3.87. The van der Waals surface area contributed by atoms with Crippen molar-refractivity contribution in [3.63, 3.8) is 0 Å². The average molecular weight is 278 g/mol. The van der Waals surface area contributed by atoms with Crippen LogP contribution in [-0.4, -0.2) is 40.0 Å². The summed E-state index contributed by atoms with van der Waals surface area (Å²) in [5.41, 5.74) is 0.527. The average Bonchev–Trinajstić information content (AvgIpc) is 2.40. The normalized spacial score (nSPS) is 22.6. The van der Waals surface area contributed by atoms with E-state index in [1.165, 1.54) is 11.0 Å². The second-order valence-electron chi connectivity index (χ2n) is 5.31. The highest BCUT2D eigenvalue weighted by molar-refractivity contribution is 5.99. The van der Waals surface area contributed by atoms with Gasteiger partial charge in [0.15, 0.2) is 0 Å². The van der Waals surface area contributed by atoms with Crippen molar-refractivity contribution < 1.29 is 14.8 Å². The van der Waals surface area contributed by atoms with Crippen molar-refractivity contribution in [2.45, 2.75) is 26.4 Å². The van der Waals surface area contributed by atoms with Gasteiger partial charge in [-0.25, -0.2) is 0 Å². The molecule has 2 unspecified atom stereocenters. The highest BCUT2D eigenvalue weighted by Crippen LogP contribution is 2.26. The summed E-state index contributed by atoms with van der Waals surface area (Å²) in [7, 11) is 0. The fourth-order valence-corrected chi connectivity index (χ4v) is 2.47. The van der Waals surface area contributed by atoms with E-state index in [1.54, 1.807) is 19.1 Å². The Kier molecular flexibility index (Phi) is 4.04. The van der Waals surface area contributed by atoms with Crippen LogP contribution < -0.4 is 0 Å². The Morgan fingerprint density at radius 2 is 2.20 bits per heavy atom. The summed E-state index contributed by atoms with van der Waals surface area (Å²) in [6.45, 7) is 4.36. The molecular formula is C14H18N2O4. The molecule has 20 heavy (non-hydrogen) atoms. The van der Waals surface area contributed by atoms with Crippen LogP contribution in [0.1, 0.15) is 29.3 Å². The number of benzene rings is 1. The number of hydrogen-bond donors (Lipinski definition) is 1. The van der Waals surface area contributed by atoms with Crippen molar-refractivity contribution in [1.29, 1.82) is 0 Å². The quantitative estimate of drug-likeness (QED) is 0.659. The van der Waals surface area contributed by atoms with Crippen molar-refractivity contribution >= 4 is 11.6 Å². The maximum absolute atomic E-state index is 12.5. The van der Waals surface area contributed by atoms with Crippen molar-refractivity contribution in [1.82, 2.24) is 4.90 Å². The zero-order chi connectivity index (χ0) is 14.9. The zero-order valence-corrected chi connectivity index (χ0v) is 11.6. The van der Waals surface area contributed by atoms with Crippen LogP contribution in [0.5, 0.6) is 0 Å². The predicted octanol–water partition coefficient (Wildman–Crippen LogP) is 1.75. The maximum Gasteiger partial charge on any atom is 0.282 e. The van der Waals surface area contributed by atoms with E-state index in [0.29, 0.717) is 18.5 Å². The molecule has 108 valence electrons. The van der Waals surface area contributed by atoms with E-state index in [1.807, 2.05) is 6.92 Å². The molecule has 0 aliphatic carbocycles. The topological polar surface area (TPSA) is 83.7 Å². The molecule has 1 heterocycles. The van der Waals surface area contributed by atoms with E-state index in [9.17, 15) is 20.0 Å². The molecule has 0 saturated carbocycles. The van der Waals surface area contributed by atoms with Gasteiger partial charge in [0, 0.05) is 19.2 Å². The largest absolute Gasteiger partial charge is 0.391 e. The van der Waals surface area contributed by atoms with E-state index in [4.69, 9.17) is 0 Å². The molecule has 6 heteroatoms. The van der Waals surface area contributed by atoms with Gasteiger partial charge in [0.2, 0.25) is 0 Å². The van der Waals surface area contributed by atoms with Crippen molar-refractivity contribution in [3.8, 4) is 0 Å². The molecule has 1 saturated heterocycles. The molecule has 6 nitrogen and oxygen atoms in total. The molecule has 1 fully saturated rings. The minimum Gasteiger partial charge on any atom is -0.391 e. The third kappa shape index (κ3) is 2.65. The summed E-state index contributed by atoms with van der Waals surface area (Å²) in [6.07, 6.45) is 0.128. The number of nitro benzene ring substituents is 1. The Labute approximate surface area is 117 Å². The summed E-state index contributed by atoms with van der Waals surface area (Å²) < 4.78 is 0. The lowest BCUT2D eigenvalue weighted by molar-refractivity contribution is -0.385. The van der Waals surface area contributed by atoms with Gasteiger partial charge in [-0.15, -0.1) is 0 Å². The summed E-state index contributed by atoms with van der Waals surface area (Å²) >= 11 is 0. The molecule has 0 spiro atoms. The smallest absolute Gasteiger partial charge is 0.282 e. The standard InChI is InChI=1S/C14H18N2O4/c1-9-6-7-15(8-12(9)17)14(18)13-10(2)4-3-5-11(13)16(19)20/h3-5,9,12,17H,6-8H2,1-2H3. The molecule has 2 atom stereocenters. The fourth-order valence-electron chi connectivity index (χ4n) is 2.47. The van der Waals surface area contributed by atoms with Gasteiger partial charge >= 0.3 is 0 Å². The second-order valence-corrected chi connectivity index (χ2v) is 5.31. The number of piperidine rings is 1. The number of carbonyl (C=O) groups excluding carboxylic acids is 1. The Bertz CT molecular complexity index is 544. The summed E-state index contributed by atoms with van der Waals surface area (Å²) in [5.74, 6) is -0.230. The molecule has 1 aliphatic rings. The molecule has 1 aliphatic heterocycles. The zero-order valence-electron chi connectivity index (χ0n) is 11.6. The van der Waals surface area contributed by atoms with Gasteiger partial charge in [-0.05, 0) is 24.8 Å². The first kappa shape index (κ1) is 14.5. The Morgan fingerprint density at radius 1 is 1.50 bits per heavy atom. The monoisotopic (exact) mass is 278 g/mol. The van der Waals surface area contributed by atoms with E-state index >= 15 is 0 Å². The second kappa shape index (κ2) is 5.58. The Morgan fingerprint density at radius 3 is 2.80 bits per heavy atom. The van der Waals surface area contributed by atoms with Gasteiger partial charge in [-0.3, -0.25) is 14.9 Å². The molecule has 0 aromatic heterocycles.